The predicted molar refractivity (Wildman–Crippen MR) is 112 cm³/mol. The summed E-state index contributed by atoms with van der Waals surface area (Å²) in [5.74, 6) is -0.365. The number of hydrogen-bond donors (Lipinski definition) is 1. The summed E-state index contributed by atoms with van der Waals surface area (Å²) in [7, 11) is 1.55. The number of nitrogens with zero attached hydrogens (tertiary/aromatic N) is 3. The molecule has 0 spiro atoms. The minimum absolute atomic E-state index is 0.178. The molecule has 0 bridgehead atoms. The Kier molecular flexibility index (Phi) is 5.39. The van der Waals surface area contributed by atoms with Gasteiger partial charge in [-0.1, -0.05) is 30.3 Å². The molecule has 0 saturated carbocycles. The molecular formula is C22H22N4O3. The van der Waals surface area contributed by atoms with Crippen molar-refractivity contribution in [1.82, 2.24) is 9.78 Å². The van der Waals surface area contributed by atoms with E-state index in [-0.39, 0.29) is 23.7 Å². The van der Waals surface area contributed by atoms with Crippen LogP contribution in [0.25, 0.3) is 0 Å². The number of benzene rings is 2. The number of fused-ring (bicyclic) bond motifs is 1. The lowest BCUT2D eigenvalue weighted by Crippen LogP contribution is -2.27. The van der Waals surface area contributed by atoms with Gasteiger partial charge in [-0.3, -0.25) is 9.59 Å². The van der Waals surface area contributed by atoms with Gasteiger partial charge in [0.15, 0.2) is 0 Å². The summed E-state index contributed by atoms with van der Waals surface area (Å²) >= 11 is 0. The molecule has 7 nitrogen and oxygen atoms in total. The molecule has 7 heteroatoms. The highest BCUT2D eigenvalue weighted by atomic mass is 16.5. The molecule has 4 rings (SSSR count). The smallest absolute Gasteiger partial charge is 0.276 e. The van der Waals surface area contributed by atoms with Crippen LogP contribution in [0.3, 0.4) is 0 Å². The first-order valence-electron chi connectivity index (χ1n) is 9.50. The number of carbonyl (C=O) groups is 1. The van der Waals surface area contributed by atoms with E-state index in [1.54, 1.807) is 7.11 Å². The molecule has 29 heavy (non-hydrogen) atoms. The van der Waals surface area contributed by atoms with E-state index in [2.05, 4.69) is 27.4 Å². The summed E-state index contributed by atoms with van der Waals surface area (Å²) in [4.78, 5) is 26.9. The van der Waals surface area contributed by atoms with Gasteiger partial charge in [0, 0.05) is 25.4 Å². The van der Waals surface area contributed by atoms with E-state index in [9.17, 15) is 9.59 Å². The lowest BCUT2D eigenvalue weighted by molar-refractivity contribution is 0.101. The Hall–Kier alpha value is -3.45. The summed E-state index contributed by atoms with van der Waals surface area (Å²) in [5.41, 5.74) is 3.98. The molecule has 1 aliphatic rings. The van der Waals surface area contributed by atoms with E-state index < -0.39 is 0 Å². The highest BCUT2D eigenvalue weighted by Crippen LogP contribution is 2.38. The Morgan fingerprint density at radius 3 is 2.66 bits per heavy atom. The number of carbonyl (C=O) groups excluding carboxylic acids is 1. The maximum Gasteiger partial charge on any atom is 0.276 e. The van der Waals surface area contributed by atoms with Gasteiger partial charge in [0.05, 0.1) is 24.5 Å². The fourth-order valence-electron chi connectivity index (χ4n) is 3.50. The van der Waals surface area contributed by atoms with E-state index in [1.807, 2.05) is 36.4 Å². The molecule has 1 amide bonds. The Morgan fingerprint density at radius 2 is 1.83 bits per heavy atom. The molecule has 0 fully saturated rings. The van der Waals surface area contributed by atoms with Crippen LogP contribution in [0, 0.1) is 0 Å². The third kappa shape index (κ3) is 3.90. The Balaban J connectivity index is 1.60. The lowest BCUT2D eigenvalue weighted by atomic mass is 10.1. The van der Waals surface area contributed by atoms with Gasteiger partial charge < -0.3 is 15.0 Å². The van der Waals surface area contributed by atoms with E-state index in [0.29, 0.717) is 12.3 Å². The average Bonchev–Trinajstić information content (AvgIpc) is 3.17. The number of hydrogen-bond acceptors (Lipinski definition) is 5. The largest absolute Gasteiger partial charge is 0.383 e. The standard InChI is InChI=1S/C22H22N4O3/c1-29-15-14-26-21(27)11-10-18(24-26)22(28)23-17-7-3-5-9-20(17)25-13-12-16-6-2-4-8-19(16)25/h2-11H,12-15H2,1H3,(H,23,28). The summed E-state index contributed by atoms with van der Waals surface area (Å²) in [6.45, 7) is 1.49. The molecule has 1 aliphatic heterocycles. The van der Waals surface area contributed by atoms with Crippen molar-refractivity contribution >= 4 is 23.0 Å². The third-order valence-electron chi connectivity index (χ3n) is 4.94. The number of amides is 1. The van der Waals surface area contributed by atoms with E-state index in [0.717, 1.165) is 24.3 Å². The van der Waals surface area contributed by atoms with Gasteiger partial charge in [-0.2, -0.15) is 5.10 Å². The molecule has 1 aromatic heterocycles. The van der Waals surface area contributed by atoms with Crippen molar-refractivity contribution in [3.63, 3.8) is 0 Å². The summed E-state index contributed by atoms with van der Waals surface area (Å²) < 4.78 is 6.23. The van der Waals surface area contributed by atoms with Crippen molar-refractivity contribution in [3.05, 3.63) is 82.3 Å². The van der Waals surface area contributed by atoms with Gasteiger partial charge in [0.2, 0.25) is 0 Å². The highest BCUT2D eigenvalue weighted by molar-refractivity contribution is 6.05. The van der Waals surface area contributed by atoms with Crippen LogP contribution >= 0.6 is 0 Å². The van der Waals surface area contributed by atoms with E-state index >= 15 is 0 Å². The van der Waals surface area contributed by atoms with Crippen molar-refractivity contribution in [1.29, 1.82) is 0 Å². The molecular weight excluding hydrogens is 368 g/mol. The molecule has 1 N–H and O–H groups in total. The fourth-order valence-corrected chi connectivity index (χ4v) is 3.50. The number of para-hydroxylation sites is 3. The zero-order valence-corrected chi connectivity index (χ0v) is 16.2. The summed E-state index contributed by atoms with van der Waals surface area (Å²) in [6.07, 6.45) is 0.963. The fraction of sp³-hybridized carbons (Fsp3) is 0.227. The number of methoxy groups -OCH3 is 1. The van der Waals surface area contributed by atoms with E-state index in [4.69, 9.17) is 4.74 Å². The first-order chi connectivity index (χ1) is 14.2. The van der Waals surface area contributed by atoms with Crippen LogP contribution in [0.15, 0.2) is 65.5 Å². The second-order valence-electron chi connectivity index (χ2n) is 6.77. The van der Waals surface area contributed by atoms with Crippen LogP contribution < -0.4 is 15.8 Å². The third-order valence-corrected chi connectivity index (χ3v) is 4.94. The molecule has 2 heterocycles. The quantitative estimate of drug-likeness (QED) is 0.700. The molecule has 0 saturated heterocycles. The van der Waals surface area contributed by atoms with Gasteiger partial charge in [0.25, 0.3) is 11.5 Å². The predicted octanol–water partition coefficient (Wildman–Crippen LogP) is 2.84. The van der Waals surface area contributed by atoms with Crippen LogP contribution in [0.2, 0.25) is 0 Å². The Morgan fingerprint density at radius 1 is 1.07 bits per heavy atom. The summed E-state index contributed by atoms with van der Waals surface area (Å²) in [6, 6.07) is 18.8. The maximum atomic E-state index is 12.8. The molecule has 3 aromatic rings. The molecule has 0 aliphatic carbocycles. The van der Waals surface area contributed by atoms with Gasteiger partial charge in [-0.15, -0.1) is 0 Å². The van der Waals surface area contributed by atoms with Gasteiger partial charge >= 0.3 is 0 Å². The number of nitrogens with one attached hydrogen (secondary N) is 1. The van der Waals surface area contributed by atoms with Gasteiger partial charge in [0.1, 0.15) is 5.69 Å². The monoisotopic (exact) mass is 390 g/mol. The molecule has 148 valence electrons. The normalized spacial score (nSPS) is 12.7. The van der Waals surface area contributed by atoms with Crippen LogP contribution in [0.4, 0.5) is 17.1 Å². The second kappa shape index (κ2) is 8.28. The number of ether oxygens (including phenoxy) is 1. The van der Waals surface area contributed by atoms with Crippen molar-refractivity contribution in [2.75, 3.05) is 30.5 Å². The number of aromatic nitrogens is 2. The van der Waals surface area contributed by atoms with Crippen LogP contribution in [0.5, 0.6) is 0 Å². The highest BCUT2D eigenvalue weighted by Gasteiger charge is 2.22. The first-order valence-corrected chi connectivity index (χ1v) is 9.50. The molecule has 0 unspecified atom stereocenters. The number of anilines is 3. The van der Waals surface area contributed by atoms with Crippen molar-refractivity contribution in [2.24, 2.45) is 0 Å². The SMILES string of the molecule is COCCn1nc(C(=O)Nc2ccccc2N2CCc3ccccc32)ccc1=O. The zero-order valence-electron chi connectivity index (χ0n) is 16.2. The van der Waals surface area contributed by atoms with Gasteiger partial charge in [-0.25, -0.2) is 4.68 Å². The van der Waals surface area contributed by atoms with Crippen molar-refractivity contribution in [3.8, 4) is 0 Å². The Labute approximate surface area is 168 Å². The van der Waals surface area contributed by atoms with Gasteiger partial charge in [-0.05, 0) is 36.2 Å². The topological polar surface area (TPSA) is 76.5 Å². The molecule has 2 aromatic carbocycles. The summed E-state index contributed by atoms with van der Waals surface area (Å²) in [5, 5.41) is 7.12. The first kappa shape index (κ1) is 18.9. The maximum absolute atomic E-state index is 12.8. The molecule has 0 atom stereocenters. The van der Waals surface area contributed by atoms with Crippen LogP contribution in [0.1, 0.15) is 16.1 Å². The van der Waals surface area contributed by atoms with Crippen LogP contribution in [-0.2, 0) is 17.7 Å². The molecule has 0 radical (unpaired) electrons. The van der Waals surface area contributed by atoms with Crippen LogP contribution in [-0.4, -0.2) is 35.9 Å². The van der Waals surface area contributed by atoms with E-state index in [1.165, 1.54) is 22.4 Å². The average molecular weight is 390 g/mol. The number of rotatable bonds is 6. The zero-order chi connectivity index (χ0) is 20.2. The Bertz CT molecular complexity index is 1090. The lowest BCUT2D eigenvalue weighted by Gasteiger charge is -2.23. The minimum atomic E-state index is -0.365. The van der Waals surface area contributed by atoms with Crippen molar-refractivity contribution < 1.29 is 9.53 Å². The van der Waals surface area contributed by atoms with Crippen molar-refractivity contribution in [2.45, 2.75) is 13.0 Å². The second-order valence-corrected chi connectivity index (χ2v) is 6.77. The minimum Gasteiger partial charge on any atom is -0.383 e.